The summed E-state index contributed by atoms with van der Waals surface area (Å²) in [7, 11) is 0. The fourth-order valence-corrected chi connectivity index (χ4v) is 4.45. The molecule has 4 heterocycles. The number of piperidine rings is 1. The topological polar surface area (TPSA) is 63.9 Å². The molecule has 1 aliphatic heterocycles. The highest BCUT2D eigenvalue weighted by Gasteiger charge is 2.22. The molecular formula is C18H21N5OS. The Labute approximate surface area is 150 Å². The van der Waals surface area contributed by atoms with Crippen molar-refractivity contribution in [1.82, 2.24) is 19.5 Å². The highest BCUT2D eigenvalue weighted by atomic mass is 32.1. The first-order chi connectivity index (χ1) is 12.2. The van der Waals surface area contributed by atoms with Crippen LogP contribution in [0.1, 0.15) is 35.9 Å². The first-order valence-corrected chi connectivity index (χ1v) is 9.48. The standard InChI is InChI=1S/C18H21N5OS/c1-13(24)16-10-15-17(25-16)18(21-11-20-15)23-7-3-14(4-8-23)2-6-22-9-5-19-12-22/h5,9-12,14H,2-4,6-8H2,1H3. The van der Waals surface area contributed by atoms with Gasteiger partial charge in [0.1, 0.15) is 12.1 Å². The molecule has 0 spiro atoms. The lowest BCUT2D eigenvalue weighted by Gasteiger charge is -2.33. The van der Waals surface area contributed by atoms with Crippen molar-refractivity contribution in [3.63, 3.8) is 0 Å². The van der Waals surface area contributed by atoms with E-state index in [4.69, 9.17) is 0 Å². The van der Waals surface area contributed by atoms with E-state index < -0.39 is 0 Å². The quantitative estimate of drug-likeness (QED) is 0.656. The molecule has 4 rings (SSSR count). The molecule has 0 atom stereocenters. The molecule has 1 fully saturated rings. The van der Waals surface area contributed by atoms with Crippen molar-refractivity contribution >= 4 is 33.2 Å². The maximum Gasteiger partial charge on any atom is 0.169 e. The van der Waals surface area contributed by atoms with Crippen LogP contribution in [-0.4, -0.2) is 38.4 Å². The van der Waals surface area contributed by atoms with Crippen molar-refractivity contribution in [1.29, 1.82) is 0 Å². The predicted molar refractivity (Wildman–Crippen MR) is 99.2 cm³/mol. The molecule has 0 amide bonds. The monoisotopic (exact) mass is 355 g/mol. The zero-order valence-electron chi connectivity index (χ0n) is 14.3. The summed E-state index contributed by atoms with van der Waals surface area (Å²) >= 11 is 1.51. The number of hydrogen-bond donors (Lipinski definition) is 0. The molecule has 3 aromatic rings. The second kappa shape index (κ2) is 6.92. The Morgan fingerprint density at radius 2 is 2.16 bits per heavy atom. The highest BCUT2D eigenvalue weighted by molar-refractivity contribution is 7.21. The van der Waals surface area contributed by atoms with E-state index in [1.54, 1.807) is 13.3 Å². The maximum absolute atomic E-state index is 11.7. The minimum Gasteiger partial charge on any atom is -0.355 e. The zero-order chi connectivity index (χ0) is 17.2. The van der Waals surface area contributed by atoms with E-state index in [2.05, 4.69) is 24.4 Å². The van der Waals surface area contributed by atoms with E-state index in [1.807, 2.05) is 24.8 Å². The summed E-state index contributed by atoms with van der Waals surface area (Å²) in [5.41, 5.74) is 0.877. The number of hydrogen-bond acceptors (Lipinski definition) is 6. The number of carbonyl (C=O) groups is 1. The molecule has 3 aromatic heterocycles. The number of fused-ring (bicyclic) bond motifs is 1. The van der Waals surface area contributed by atoms with E-state index in [1.165, 1.54) is 30.6 Å². The Morgan fingerprint density at radius 1 is 1.32 bits per heavy atom. The van der Waals surface area contributed by atoms with Gasteiger partial charge in [-0.05, 0) is 38.2 Å². The summed E-state index contributed by atoms with van der Waals surface area (Å²) in [4.78, 5) is 27.7. The van der Waals surface area contributed by atoms with Gasteiger partial charge in [-0.25, -0.2) is 15.0 Å². The molecule has 0 saturated carbocycles. The third-order valence-corrected chi connectivity index (χ3v) is 6.13. The van der Waals surface area contributed by atoms with Gasteiger partial charge in [-0.3, -0.25) is 4.79 Å². The Morgan fingerprint density at radius 3 is 2.88 bits per heavy atom. The van der Waals surface area contributed by atoms with E-state index in [0.717, 1.165) is 46.5 Å². The van der Waals surface area contributed by atoms with Crippen LogP contribution >= 0.6 is 11.3 Å². The Kier molecular flexibility index (Phi) is 4.48. The second-order valence-electron chi connectivity index (χ2n) is 6.60. The van der Waals surface area contributed by atoms with Crippen LogP contribution in [0.2, 0.25) is 0 Å². The van der Waals surface area contributed by atoms with Crippen LogP contribution < -0.4 is 4.90 Å². The van der Waals surface area contributed by atoms with Crippen molar-refractivity contribution in [3.05, 3.63) is 36.0 Å². The van der Waals surface area contributed by atoms with Gasteiger partial charge in [0.2, 0.25) is 0 Å². The van der Waals surface area contributed by atoms with Crippen molar-refractivity contribution in [2.45, 2.75) is 32.7 Å². The molecule has 130 valence electrons. The summed E-state index contributed by atoms with van der Waals surface area (Å²) in [5, 5.41) is 0. The third kappa shape index (κ3) is 3.42. The molecule has 0 bridgehead atoms. The summed E-state index contributed by atoms with van der Waals surface area (Å²) in [6.45, 7) is 4.65. The van der Waals surface area contributed by atoms with Crippen molar-refractivity contribution in [2.24, 2.45) is 5.92 Å². The minimum atomic E-state index is 0.0900. The number of thiophene rings is 1. The van der Waals surface area contributed by atoms with Crippen LogP contribution in [0, 0.1) is 5.92 Å². The molecule has 0 radical (unpaired) electrons. The van der Waals surface area contributed by atoms with Crippen LogP contribution in [0.25, 0.3) is 10.2 Å². The SMILES string of the molecule is CC(=O)c1cc2ncnc(N3CCC(CCn4ccnc4)CC3)c2s1. The molecule has 0 N–H and O–H groups in total. The fraction of sp³-hybridized carbons (Fsp3) is 0.444. The molecule has 0 unspecified atom stereocenters. The highest BCUT2D eigenvalue weighted by Crippen LogP contribution is 2.33. The van der Waals surface area contributed by atoms with Crippen LogP contribution in [0.3, 0.4) is 0 Å². The predicted octanol–water partition coefficient (Wildman–Crippen LogP) is 3.40. The molecule has 0 aromatic carbocycles. The van der Waals surface area contributed by atoms with Crippen LogP contribution in [0.15, 0.2) is 31.1 Å². The van der Waals surface area contributed by atoms with Gasteiger partial charge in [-0.15, -0.1) is 11.3 Å². The Balaban J connectivity index is 1.43. The Bertz CT molecular complexity index is 865. The number of aromatic nitrogens is 4. The smallest absolute Gasteiger partial charge is 0.169 e. The average molecular weight is 355 g/mol. The van der Waals surface area contributed by atoms with Gasteiger partial charge in [0.05, 0.1) is 21.4 Å². The molecule has 1 saturated heterocycles. The lowest BCUT2D eigenvalue weighted by atomic mass is 9.93. The van der Waals surface area contributed by atoms with Gasteiger partial charge in [0.25, 0.3) is 0 Å². The van der Waals surface area contributed by atoms with Crippen molar-refractivity contribution in [2.75, 3.05) is 18.0 Å². The Hall–Kier alpha value is -2.28. The average Bonchev–Trinajstić information content (AvgIpc) is 3.29. The molecule has 25 heavy (non-hydrogen) atoms. The number of anilines is 1. The van der Waals surface area contributed by atoms with Gasteiger partial charge < -0.3 is 9.47 Å². The summed E-state index contributed by atoms with van der Waals surface area (Å²) < 4.78 is 3.18. The maximum atomic E-state index is 11.7. The summed E-state index contributed by atoms with van der Waals surface area (Å²) in [6.07, 6.45) is 10.9. The lowest BCUT2D eigenvalue weighted by Crippen LogP contribution is -2.34. The van der Waals surface area contributed by atoms with Gasteiger partial charge in [-0.1, -0.05) is 0 Å². The number of aryl methyl sites for hydroxylation is 1. The number of rotatable bonds is 5. The molecule has 6 nitrogen and oxygen atoms in total. The van der Waals surface area contributed by atoms with Gasteiger partial charge in [-0.2, -0.15) is 0 Å². The molecule has 1 aliphatic rings. The van der Waals surface area contributed by atoms with Crippen LogP contribution in [0.5, 0.6) is 0 Å². The summed E-state index contributed by atoms with van der Waals surface area (Å²) in [6, 6.07) is 1.88. The van der Waals surface area contributed by atoms with E-state index in [-0.39, 0.29) is 5.78 Å². The fourth-order valence-electron chi connectivity index (χ4n) is 3.42. The van der Waals surface area contributed by atoms with Crippen LogP contribution in [-0.2, 0) is 6.54 Å². The number of ketones is 1. The first kappa shape index (κ1) is 16.2. The molecule has 0 aliphatic carbocycles. The van der Waals surface area contributed by atoms with Crippen molar-refractivity contribution < 1.29 is 4.79 Å². The van der Waals surface area contributed by atoms with Gasteiger partial charge in [0.15, 0.2) is 5.78 Å². The normalized spacial score (nSPS) is 15.8. The van der Waals surface area contributed by atoms with Crippen LogP contribution in [0.4, 0.5) is 5.82 Å². The number of imidazole rings is 1. The van der Waals surface area contributed by atoms with Gasteiger partial charge in [0, 0.05) is 32.0 Å². The molecule has 7 heteroatoms. The number of Topliss-reactive ketones (excluding diaryl/α,β-unsaturated/α-hetero) is 1. The lowest BCUT2D eigenvalue weighted by molar-refractivity contribution is 0.102. The second-order valence-corrected chi connectivity index (χ2v) is 7.65. The zero-order valence-corrected chi connectivity index (χ0v) is 15.1. The van der Waals surface area contributed by atoms with Gasteiger partial charge >= 0.3 is 0 Å². The van der Waals surface area contributed by atoms with E-state index in [9.17, 15) is 4.79 Å². The minimum absolute atomic E-state index is 0.0900. The summed E-state index contributed by atoms with van der Waals surface area (Å²) in [5.74, 6) is 1.81. The number of nitrogens with zero attached hydrogens (tertiary/aromatic N) is 5. The third-order valence-electron chi connectivity index (χ3n) is 4.91. The number of carbonyl (C=O) groups excluding carboxylic acids is 1. The van der Waals surface area contributed by atoms with E-state index >= 15 is 0 Å². The van der Waals surface area contributed by atoms with E-state index in [0.29, 0.717) is 0 Å². The molecular weight excluding hydrogens is 334 g/mol. The van der Waals surface area contributed by atoms with Crippen molar-refractivity contribution in [3.8, 4) is 0 Å². The first-order valence-electron chi connectivity index (χ1n) is 8.67. The largest absolute Gasteiger partial charge is 0.355 e.